The Hall–Kier alpha value is -2.49. The Kier molecular flexibility index (Phi) is 6.24. The maximum Gasteiger partial charge on any atom is 0.255 e. The second-order valence-corrected chi connectivity index (χ2v) is 6.13. The number of methoxy groups -OCH3 is 2. The van der Waals surface area contributed by atoms with Gasteiger partial charge in [-0.1, -0.05) is 38.1 Å². The van der Waals surface area contributed by atoms with Crippen LogP contribution in [0.4, 0.5) is 0 Å². The molecule has 128 valence electrons. The van der Waals surface area contributed by atoms with Gasteiger partial charge in [-0.05, 0) is 42.2 Å². The van der Waals surface area contributed by atoms with Crippen molar-refractivity contribution in [1.82, 2.24) is 5.32 Å². The number of hydrogen-bond acceptors (Lipinski definition) is 3. The molecule has 4 nitrogen and oxygen atoms in total. The van der Waals surface area contributed by atoms with Crippen molar-refractivity contribution in [2.75, 3.05) is 14.2 Å². The molecule has 2 rings (SSSR count). The van der Waals surface area contributed by atoms with Crippen LogP contribution in [0.15, 0.2) is 48.5 Å². The van der Waals surface area contributed by atoms with Gasteiger partial charge in [-0.15, -0.1) is 0 Å². The first kappa shape index (κ1) is 17.9. The summed E-state index contributed by atoms with van der Waals surface area (Å²) in [6.07, 6.45) is 0.854. The third-order valence-corrected chi connectivity index (χ3v) is 3.88. The molecule has 0 aliphatic heterocycles. The van der Waals surface area contributed by atoms with E-state index < -0.39 is 0 Å². The molecular formula is C20H25NO3. The van der Waals surface area contributed by atoms with E-state index in [9.17, 15) is 4.79 Å². The normalized spacial score (nSPS) is 11.9. The summed E-state index contributed by atoms with van der Waals surface area (Å²) in [5.41, 5.74) is 1.61. The molecule has 0 heterocycles. The number of benzene rings is 2. The van der Waals surface area contributed by atoms with Crippen LogP contribution in [-0.4, -0.2) is 20.1 Å². The van der Waals surface area contributed by atoms with Crippen LogP contribution >= 0.6 is 0 Å². The molecule has 1 N–H and O–H groups in total. The number of nitrogens with one attached hydrogen (secondary N) is 1. The molecule has 0 saturated heterocycles. The minimum Gasteiger partial charge on any atom is -0.497 e. The Bertz CT molecular complexity index is 665. The lowest BCUT2D eigenvalue weighted by Crippen LogP contribution is -2.29. The first-order chi connectivity index (χ1) is 11.5. The minimum atomic E-state index is -0.131. The highest BCUT2D eigenvalue weighted by Crippen LogP contribution is 2.25. The fraction of sp³-hybridized carbons (Fsp3) is 0.350. The van der Waals surface area contributed by atoms with Crippen molar-refractivity contribution in [2.45, 2.75) is 26.3 Å². The molecule has 0 fully saturated rings. The predicted molar refractivity (Wildman–Crippen MR) is 95.7 cm³/mol. The lowest BCUT2D eigenvalue weighted by Gasteiger charge is -2.22. The van der Waals surface area contributed by atoms with Gasteiger partial charge < -0.3 is 14.8 Å². The third kappa shape index (κ3) is 4.51. The van der Waals surface area contributed by atoms with Crippen LogP contribution in [0, 0.1) is 5.92 Å². The van der Waals surface area contributed by atoms with Crippen LogP contribution in [0.2, 0.25) is 0 Å². The van der Waals surface area contributed by atoms with Crippen LogP contribution in [0.5, 0.6) is 11.5 Å². The van der Waals surface area contributed by atoms with E-state index in [1.54, 1.807) is 26.4 Å². The van der Waals surface area contributed by atoms with Crippen LogP contribution in [0.1, 0.15) is 42.2 Å². The van der Waals surface area contributed by atoms with Crippen LogP contribution < -0.4 is 14.8 Å². The molecule has 0 aliphatic carbocycles. The first-order valence-corrected chi connectivity index (χ1v) is 8.13. The molecule has 2 aromatic carbocycles. The highest BCUT2D eigenvalue weighted by Gasteiger charge is 2.19. The quantitative estimate of drug-likeness (QED) is 0.828. The summed E-state index contributed by atoms with van der Waals surface area (Å²) in [5, 5.41) is 3.13. The number of hydrogen-bond donors (Lipinski definition) is 1. The van der Waals surface area contributed by atoms with Gasteiger partial charge in [-0.2, -0.15) is 0 Å². The number of rotatable bonds is 7. The topological polar surface area (TPSA) is 47.6 Å². The second kappa shape index (κ2) is 8.39. The summed E-state index contributed by atoms with van der Waals surface area (Å²) in [5.74, 6) is 1.70. The zero-order valence-electron chi connectivity index (χ0n) is 14.7. The average Bonchev–Trinajstić information content (AvgIpc) is 2.60. The molecular weight excluding hydrogens is 302 g/mol. The largest absolute Gasteiger partial charge is 0.497 e. The predicted octanol–water partition coefficient (Wildman–Crippen LogP) is 4.22. The lowest BCUT2D eigenvalue weighted by atomic mass is 9.96. The number of carbonyl (C=O) groups excluding carboxylic acids is 1. The monoisotopic (exact) mass is 327 g/mol. The fourth-order valence-corrected chi connectivity index (χ4v) is 2.65. The number of carbonyl (C=O) groups is 1. The number of para-hydroxylation sites is 1. The van der Waals surface area contributed by atoms with E-state index in [4.69, 9.17) is 9.47 Å². The Morgan fingerprint density at radius 3 is 2.25 bits per heavy atom. The smallest absolute Gasteiger partial charge is 0.255 e. The molecule has 0 aromatic heterocycles. The average molecular weight is 327 g/mol. The van der Waals surface area contributed by atoms with E-state index in [0.29, 0.717) is 17.2 Å². The van der Waals surface area contributed by atoms with Crippen LogP contribution in [-0.2, 0) is 0 Å². The standard InChI is InChI=1S/C20H25NO3/c1-14(2)13-18(15-9-11-16(23-3)12-10-15)21-20(22)17-7-5-6-8-19(17)24-4/h5-12,14,18H,13H2,1-4H3,(H,21,22)/t18-/m0/s1. The van der Waals surface area contributed by atoms with Gasteiger partial charge in [0.25, 0.3) is 5.91 Å². The van der Waals surface area contributed by atoms with Gasteiger partial charge in [0.2, 0.25) is 0 Å². The van der Waals surface area contributed by atoms with E-state index in [1.165, 1.54) is 0 Å². The van der Waals surface area contributed by atoms with Gasteiger partial charge in [0, 0.05) is 0 Å². The summed E-state index contributed by atoms with van der Waals surface area (Å²) in [6, 6.07) is 15.0. The summed E-state index contributed by atoms with van der Waals surface area (Å²) in [4.78, 5) is 12.7. The van der Waals surface area contributed by atoms with E-state index in [1.807, 2.05) is 36.4 Å². The van der Waals surface area contributed by atoms with E-state index in [2.05, 4.69) is 19.2 Å². The highest BCUT2D eigenvalue weighted by atomic mass is 16.5. The van der Waals surface area contributed by atoms with Crippen molar-refractivity contribution in [3.05, 3.63) is 59.7 Å². The van der Waals surface area contributed by atoms with Crippen molar-refractivity contribution in [3.8, 4) is 11.5 Å². The molecule has 0 unspecified atom stereocenters. The van der Waals surface area contributed by atoms with Gasteiger partial charge in [-0.25, -0.2) is 0 Å². The van der Waals surface area contributed by atoms with Crippen molar-refractivity contribution in [3.63, 3.8) is 0 Å². The van der Waals surface area contributed by atoms with Crippen molar-refractivity contribution in [1.29, 1.82) is 0 Å². The summed E-state index contributed by atoms with van der Waals surface area (Å²) >= 11 is 0. The SMILES string of the molecule is COc1ccc([C@H](CC(C)C)NC(=O)c2ccccc2OC)cc1. The molecule has 4 heteroatoms. The molecule has 2 aromatic rings. The molecule has 0 spiro atoms. The van der Waals surface area contributed by atoms with E-state index in [0.717, 1.165) is 17.7 Å². The van der Waals surface area contributed by atoms with Gasteiger partial charge in [0.05, 0.1) is 25.8 Å². The third-order valence-electron chi connectivity index (χ3n) is 3.88. The summed E-state index contributed by atoms with van der Waals surface area (Å²) in [6.45, 7) is 4.29. The molecule has 0 aliphatic rings. The molecule has 0 bridgehead atoms. The zero-order chi connectivity index (χ0) is 17.5. The summed E-state index contributed by atoms with van der Waals surface area (Å²) < 4.78 is 10.5. The molecule has 24 heavy (non-hydrogen) atoms. The molecule has 1 atom stereocenters. The van der Waals surface area contributed by atoms with Gasteiger partial charge >= 0.3 is 0 Å². The van der Waals surface area contributed by atoms with Crippen molar-refractivity contribution >= 4 is 5.91 Å². The van der Waals surface area contributed by atoms with Crippen molar-refractivity contribution < 1.29 is 14.3 Å². The van der Waals surface area contributed by atoms with E-state index in [-0.39, 0.29) is 11.9 Å². The maximum atomic E-state index is 12.7. The Balaban J connectivity index is 2.23. The Labute approximate surface area is 143 Å². The lowest BCUT2D eigenvalue weighted by molar-refractivity contribution is 0.0929. The van der Waals surface area contributed by atoms with Crippen molar-refractivity contribution in [2.24, 2.45) is 5.92 Å². The highest BCUT2D eigenvalue weighted by molar-refractivity contribution is 5.97. The summed E-state index contributed by atoms with van der Waals surface area (Å²) in [7, 11) is 3.21. The molecule has 1 amide bonds. The van der Waals surface area contributed by atoms with Crippen LogP contribution in [0.3, 0.4) is 0 Å². The minimum absolute atomic E-state index is 0.0617. The van der Waals surface area contributed by atoms with E-state index >= 15 is 0 Å². The Morgan fingerprint density at radius 1 is 1.00 bits per heavy atom. The zero-order valence-corrected chi connectivity index (χ0v) is 14.7. The van der Waals surface area contributed by atoms with Gasteiger partial charge in [0.15, 0.2) is 0 Å². The number of amides is 1. The number of ether oxygens (including phenoxy) is 2. The fourth-order valence-electron chi connectivity index (χ4n) is 2.65. The van der Waals surface area contributed by atoms with Gasteiger partial charge in [-0.3, -0.25) is 4.79 Å². The molecule has 0 radical (unpaired) electrons. The van der Waals surface area contributed by atoms with Gasteiger partial charge in [0.1, 0.15) is 11.5 Å². The first-order valence-electron chi connectivity index (χ1n) is 8.13. The van der Waals surface area contributed by atoms with Crippen LogP contribution in [0.25, 0.3) is 0 Å². The maximum absolute atomic E-state index is 12.7. The second-order valence-electron chi connectivity index (χ2n) is 6.13. The Morgan fingerprint density at radius 2 is 1.67 bits per heavy atom. The molecule has 0 saturated carbocycles.